The Balaban J connectivity index is 3.58. The van der Waals surface area contributed by atoms with Gasteiger partial charge in [-0.2, -0.15) is 0 Å². The second-order valence-corrected chi connectivity index (χ2v) is 15.1. The lowest BCUT2D eigenvalue weighted by Gasteiger charge is -2.19. The fourth-order valence-corrected chi connectivity index (χ4v) is 6.66. The molecule has 0 aliphatic heterocycles. The Hall–Kier alpha value is -1.39. The highest BCUT2D eigenvalue weighted by Crippen LogP contribution is 2.14. The maximum Gasteiger partial charge on any atom is 0.220 e. The van der Waals surface area contributed by atoms with Crippen LogP contribution in [0.4, 0.5) is 0 Å². The molecule has 0 saturated carbocycles. The lowest BCUT2D eigenvalue weighted by atomic mass is 10.0. The van der Waals surface area contributed by atoms with Crippen LogP contribution >= 0.6 is 0 Å². The molecule has 0 radical (unpaired) electrons. The average molecular weight is 702 g/mol. The van der Waals surface area contributed by atoms with E-state index < -0.39 is 12.1 Å². The molecule has 2 unspecified atom stereocenters. The summed E-state index contributed by atoms with van der Waals surface area (Å²) in [5.74, 6) is -0.0776. The van der Waals surface area contributed by atoms with E-state index in [-0.39, 0.29) is 12.5 Å². The molecular formula is C46H87NO3. The van der Waals surface area contributed by atoms with Crippen molar-refractivity contribution in [2.45, 2.75) is 244 Å². The molecule has 0 aromatic carbocycles. The van der Waals surface area contributed by atoms with Gasteiger partial charge in [0.15, 0.2) is 0 Å². The molecule has 4 nitrogen and oxygen atoms in total. The molecule has 0 bridgehead atoms. The maximum atomic E-state index is 12.4. The molecule has 0 spiro atoms. The van der Waals surface area contributed by atoms with Gasteiger partial charge in [0.05, 0.1) is 18.8 Å². The largest absolute Gasteiger partial charge is 0.394 e. The van der Waals surface area contributed by atoms with E-state index in [1.165, 1.54) is 180 Å². The van der Waals surface area contributed by atoms with Crippen LogP contribution in [0.25, 0.3) is 0 Å². The van der Waals surface area contributed by atoms with E-state index in [0.717, 1.165) is 32.1 Å². The Morgan fingerprint density at radius 1 is 0.460 bits per heavy atom. The van der Waals surface area contributed by atoms with Crippen molar-refractivity contribution in [1.29, 1.82) is 0 Å². The summed E-state index contributed by atoms with van der Waals surface area (Å²) in [5, 5.41) is 23.0. The topological polar surface area (TPSA) is 69.6 Å². The first-order valence-electron chi connectivity index (χ1n) is 22.2. The average Bonchev–Trinajstić information content (AvgIpc) is 3.12. The second-order valence-electron chi connectivity index (χ2n) is 15.1. The third-order valence-corrected chi connectivity index (χ3v) is 10.1. The van der Waals surface area contributed by atoms with Gasteiger partial charge >= 0.3 is 0 Å². The molecular weight excluding hydrogens is 615 g/mol. The minimum absolute atomic E-state index is 0.0776. The van der Waals surface area contributed by atoms with Crippen molar-refractivity contribution in [2.75, 3.05) is 6.61 Å². The van der Waals surface area contributed by atoms with Crippen LogP contribution in [-0.4, -0.2) is 34.9 Å². The van der Waals surface area contributed by atoms with Crippen molar-refractivity contribution in [3.05, 3.63) is 36.5 Å². The molecule has 0 aromatic heterocycles. The van der Waals surface area contributed by atoms with Gasteiger partial charge in [-0.15, -0.1) is 0 Å². The highest BCUT2D eigenvalue weighted by molar-refractivity contribution is 5.76. The number of hydrogen-bond acceptors (Lipinski definition) is 3. The van der Waals surface area contributed by atoms with Gasteiger partial charge in [-0.25, -0.2) is 0 Å². The molecule has 0 saturated heterocycles. The summed E-state index contributed by atoms with van der Waals surface area (Å²) in [6.07, 6.45) is 55.4. The highest BCUT2D eigenvalue weighted by Gasteiger charge is 2.17. The van der Waals surface area contributed by atoms with Gasteiger partial charge < -0.3 is 15.5 Å². The monoisotopic (exact) mass is 702 g/mol. The van der Waals surface area contributed by atoms with Crippen LogP contribution in [0.15, 0.2) is 36.5 Å². The molecule has 294 valence electrons. The molecule has 0 aliphatic rings. The van der Waals surface area contributed by atoms with E-state index in [1.807, 2.05) is 6.08 Å². The van der Waals surface area contributed by atoms with Crippen molar-refractivity contribution in [1.82, 2.24) is 5.32 Å². The summed E-state index contributed by atoms with van der Waals surface area (Å²) < 4.78 is 0. The Kier molecular flexibility index (Phi) is 40.9. The number of allylic oxidation sites excluding steroid dienone is 5. The van der Waals surface area contributed by atoms with E-state index in [2.05, 4.69) is 43.5 Å². The Morgan fingerprint density at radius 2 is 0.780 bits per heavy atom. The van der Waals surface area contributed by atoms with Crippen LogP contribution in [-0.2, 0) is 4.79 Å². The lowest BCUT2D eigenvalue weighted by Crippen LogP contribution is -2.45. The zero-order valence-electron chi connectivity index (χ0n) is 33.7. The number of aliphatic hydroxyl groups is 2. The number of rotatable bonds is 40. The molecule has 2 atom stereocenters. The molecule has 4 heteroatoms. The SMILES string of the molecule is CCCCCCCCCCC/C=C/CC/C=C/C(O)C(CO)NC(=O)CCCCCCCCC/C=C\CCCCCCCCCCCCCC. The summed E-state index contributed by atoms with van der Waals surface area (Å²) in [6.45, 7) is 4.30. The van der Waals surface area contributed by atoms with E-state index in [4.69, 9.17) is 0 Å². The van der Waals surface area contributed by atoms with E-state index >= 15 is 0 Å². The summed E-state index contributed by atoms with van der Waals surface area (Å²) in [5.41, 5.74) is 0. The number of carbonyl (C=O) groups is 1. The van der Waals surface area contributed by atoms with E-state index in [9.17, 15) is 15.0 Å². The van der Waals surface area contributed by atoms with Crippen LogP contribution < -0.4 is 5.32 Å². The normalized spacial score (nSPS) is 13.3. The number of hydrogen-bond donors (Lipinski definition) is 3. The summed E-state index contributed by atoms with van der Waals surface area (Å²) in [4.78, 5) is 12.4. The summed E-state index contributed by atoms with van der Waals surface area (Å²) in [6, 6.07) is -0.639. The van der Waals surface area contributed by atoms with Crippen LogP contribution in [0, 0.1) is 0 Å². The third-order valence-electron chi connectivity index (χ3n) is 10.1. The predicted molar refractivity (Wildman–Crippen MR) is 221 cm³/mol. The molecule has 0 fully saturated rings. The van der Waals surface area contributed by atoms with Gasteiger partial charge in [0.1, 0.15) is 0 Å². The first kappa shape index (κ1) is 48.6. The van der Waals surface area contributed by atoms with Crippen molar-refractivity contribution < 1.29 is 15.0 Å². The van der Waals surface area contributed by atoms with Crippen molar-refractivity contribution in [3.8, 4) is 0 Å². The quantitative estimate of drug-likeness (QED) is 0.0440. The van der Waals surface area contributed by atoms with Gasteiger partial charge in [0.2, 0.25) is 5.91 Å². The van der Waals surface area contributed by atoms with Gasteiger partial charge in [-0.3, -0.25) is 4.79 Å². The fraction of sp³-hybridized carbons (Fsp3) is 0.848. The second kappa shape index (κ2) is 42.0. The summed E-state index contributed by atoms with van der Waals surface area (Å²) >= 11 is 0. The first-order valence-corrected chi connectivity index (χ1v) is 22.2. The third kappa shape index (κ3) is 37.9. The Bertz CT molecular complexity index is 760. The number of aliphatic hydroxyl groups excluding tert-OH is 2. The first-order chi connectivity index (χ1) is 24.7. The van der Waals surface area contributed by atoms with Gasteiger partial charge in [0.25, 0.3) is 0 Å². The van der Waals surface area contributed by atoms with Crippen LogP contribution in [0.5, 0.6) is 0 Å². The maximum absolute atomic E-state index is 12.4. The number of unbranched alkanes of at least 4 members (excludes halogenated alkanes) is 29. The minimum atomic E-state index is -0.862. The van der Waals surface area contributed by atoms with Gasteiger partial charge in [-0.1, -0.05) is 204 Å². The van der Waals surface area contributed by atoms with Gasteiger partial charge in [-0.05, 0) is 57.8 Å². The van der Waals surface area contributed by atoms with Gasteiger partial charge in [0, 0.05) is 6.42 Å². The smallest absolute Gasteiger partial charge is 0.220 e. The van der Waals surface area contributed by atoms with E-state index in [0.29, 0.717) is 6.42 Å². The Labute approximate surface area is 312 Å². The predicted octanol–water partition coefficient (Wildman–Crippen LogP) is 13.8. The fourth-order valence-electron chi connectivity index (χ4n) is 6.66. The molecule has 0 aliphatic carbocycles. The Morgan fingerprint density at radius 3 is 1.16 bits per heavy atom. The standard InChI is InChI=1S/C46H87NO3/c1-3-5-7-9-11-13-15-17-19-20-21-22-23-24-25-26-28-30-32-34-36-38-40-42-46(50)47-44(43-48)45(49)41-39-37-35-33-31-29-27-18-16-14-12-10-8-6-4-2/h24-25,31,33,39,41,44-45,48-49H,3-23,26-30,32,34-38,40,42-43H2,1-2H3,(H,47,50)/b25-24-,33-31+,41-39+. The molecule has 0 aromatic rings. The molecule has 0 heterocycles. The molecule has 3 N–H and O–H groups in total. The van der Waals surface area contributed by atoms with Crippen LogP contribution in [0.1, 0.15) is 232 Å². The lowest BCUT2D eigenvalue weighted by molar-refractivity contribution is -0.123. The minimum Gasteiger partial charge on any atom is -0.394 e. The van der Waals surface area contributed by atoms with Crippen LogP contribution in [0.2, 0.25) is 0 Å². The zero-order valence-corrected chi connectivity index (χ0v) is 33.7. The molecule has 0 rings (SSSR count). The summed E-state index contributed by atoms with van der Waals surface area (Å²) in [7, 11) is 0. The zero-order chi connectivity index (χ0) is 36.4. The van der Waals surface area contributed by atoms with Crippen LogP contribution in [0.3, 0.4) is 0 Å². The van der Waals surface area contributed by atoms with E-state index in [1.54, 1.807) is 6.08 Å². The molecule has 50 heavy (non-hydrogen) atoms. The highest BCUT2D eigenvalue weighted by atomic mass is 16.3. The van der Waals surface area contributed by atoms with Crippen molar-refractivity contribution in [3.63, 3.8) is 0 Å². The van der Waals surface area contributed by atoms with Crippen molar-refractivity contribution in [2.24, 2.45) is 0 Å². The number of nitrogens with one attached hydrogen (secondary N) is 1. The number of carbonyl (C=O) groups excluding carboxylic acids is 1. The number of amides is 1. The van der Waals surface area contributed by atoms with Crippen molar-refractivity contribution >= 4 is 5.91 Å². The molecule has 1 amide bonds.